The molecule has 0 saturated heterocycles. The second kappa shape index (κ2) is 10.9. The third kappa shape index (κ3) is 6.29. The maximum Gasteiger partial charge on any atom is 0.338 e. The zero-order valence-electron chi connectivity index (χ0n) is 19.3. The number of thiocarbonyl (C=S) groups is 1. The van der Waals surface area contributed by atoms with Gasteiger partial charge in [-0.2, -0.15) is 0 Å². The van der Waals surface area contributed by atoms with Gasteiger partial charge in [0.25, 0.3) is 0 Å². The van der Waals surface area contributed by atoms with Crippen LogP contribution in [-0.2, 0) is 14.3 Å². The average molecular weight is 464 g/mol. The smallest absolute Gasteiger partial charge is 0.338 e. The van der Waals surface area contributed by atoms with Crippen molar-refractivity contribution in [3.63, 3.8) is 0 Å². The Balaban J connectivity index is 1.76. The minimum Gasteiger partial charge on any atom is -0.462 e. The molecule has 0 spiro atoms. The van der Waals surface area contributed by atoms with Crippen molar-refractivity contribution in [3.05, 3.63) is 83.1 Å². The summed E-state index contributed by atoms with van der Waals surface area (Å²) in [6.07, 6.45) is 3.25. The lowest BCUT2D eigenvalue weighted by atomic mass is 9.95. The van der Waals surface area contributed by atoms with Gasteiger partial charge >= 0.3 is 5.97 Å². The first kappa shape index (κ1) is 24.2. The summed E-state index contributed by atoms with van der Waals surface area (Å²) in [7, 11) is 1.82. The molecule has 1 unspecified atom stereocenters. The molecular weight excluding hydrogens is 434 g/mol. The SMILES string of the molecule is CC1=C(C(=O)OCC(C)C)C(c2ccc(NC(=O)/C=C/c3ccccc3)cc2)NC(=S)N1C. The van der Waals surface area contributed by atoms with Crippen LogP contribution in [-0.4, -0.2) is 35.5 Å². The van der Waals surface area contributed by atoms with Crippen molar-refractivity contribution in [2.45, 2.75) is 26.8 Å². The van der Waals surface area contributed by atoms with E-state index in [1.165, 1.54) is 6.08 Å². The van der Waals surface area contributed by atoms with Crippen LogP contribution in [0.5, 0.6) is 0 Å². The number of amides is 1. The molecule has 2 aromatic carbocycles. The Morgan fingerprint density at radius 1 is 1.15 bits per heavy atom. The summed E-state index contributed by atoms with van der Waals surface area (Å²) in [5.74, 6) is -0.349. The summed E-state index contributed by atoms with van der Waals surface area (Å²) >= 11 is 5.44. The monoisotopic (exact) mass is 463 g/mol. The van der Waals surface area contributed by atoms with Crippen molar-refractivity contribution in [2.24, 2.45) is 5.92 Å². The zero-order chi connectivity index (χ0) is 24.0. The lowest BCUT2D eigenvalue weighted by molar-refractivity contribution is -0.140. The predicted molar refractivity (Wildman–Crippen MR) is 135 cm³/mol. The number of carbonyl (C=O) groups excluding carboxylic acids is 2. The highest BCUT2D eigenvalue weighted by Crippen LogP contribution is 2.31. The first-order valence-corrected chi connectivity index (χ1v) is 11.2. The van der Waals surface area contributed by atoms with Gasteiger partial charge in [-0.15, -0.1) is 0 Å². The molecule has 0 aromatic heterocycles. The van der Waals surface area contributed by atoms with E-state index < -0.39 is 6.04 Å². The fourth-order valence-electron chi connectivity index (χ4n) is 3.35. The average Bonchev–Trinajstić information content (AvgIpc) is 2.80. The molecule has 1 atom stereocenters. The highest BCUT2D eigenvalue weighted by atomic mass is 32.1. The molecule has 2 N–H and O–H groups in total. The Labute approximate surface area is 200 Å². The van der Waals surface area contributed by atoms with E-state index in [4.69, 9.17) is 17.0 Å². The zero-order valence-corrected chi connectivity index (χ0v) is 20.1. The lowest BCUT2D eigenvalue weighted by Crippen LogP contribution is -2.46. The standard InChI is InChI=1S/C26H29N3O3S/c1-17(2)16-32-25(31)23-18(3)29(4)26(33)28-24(23)20-11-13-21(14-12-20)27-22(30)15-10-19-8-6-5-7-9-19/h5-15,17,24H,16H2,1-4H3,(H,27,30)(H,28,33)/b15-10+. The second-order valence-corrected chi connectivity index (χ2v) is 8.67. The molecule has 2 aromatic rings. The molecule has 1 heterocycles. The minimum absolute atomic E-state index is 0.223. The van der Waals surface area contributed by atoms with Crippen LogP contribution in [0.25, 0.3) is 6.08 Å². The largest absolute Gasteiger partial charge is 0.462 e. The Morgan fingerprint density at radius 2 is 1.82 bits per heavy atom. The predicted octanol–water partition coefficient (Wildman–Crippen LogP) is 4.67. The van der Waals surface area contributed by atoms with Crippen LogP contribution in [0.4, 0.5) is 5.69 Å². The summed E-state index contributed by atoms with van der Waals surface area (Å²) in [5.41, 5.74) is 3.72. The third-order valence-electron chi connectivity index (χ3n) is 5.26. The van der Waals surface area contributed by atoms with Gasteiger partial charge in [-0.1, -0.05) is 56.3 Å². The molecule has 1 aliphatic rings. The Morgan fingerprint density at radius 3 is 2.45 bits per heavy atom. The van der Waals surface area contributed by atoms with Crippen LogP contribution < -0.4 is 10.6 Å². The van der Waals surface area contributed by atoms with E-state index in [-0.39, 0.29) is 17.8 Å². The van der Waals surface area contributed by atoms with E-state index in [1.54, 1.807) is 23.1 Å². The minimum atomic E-state index is -0.434. The van der Waals surface area contributed by atoms with Gasteiger partial charge in [0.15, 0.2) is 5.11 Å². The Bertz CT molecular complexity index is 1080. The molecular formula is C26H29N3O3S. The number of hydrogen-bond acceptors (Lipinski definition) is 4. The van der Waals surface area contributed by atoms with E-state index in [2.05, 4.69) is 10.6 Å². The molecule has 0 fully saturated rings. The third-order valence-corrected chi connectivity index (χ3v) is 5.65. The van der Waals surface area contributed by atoms with Gasteiger partial charge in [-0.25, -0.2) is 4.79 Å². The molecule has 1 aliphatic heterocycles. The van der Waals surface area contributed by atoms with E-state index in [1.807, 2.05) is 70.3 Å². The number of hydrogen-bond donors (Lipinski definition) is 2. The van der Waals surface area contributed by atoms with E-state index in [0.29, 0.717) is 23.0 Å². The van der Waals surface area contributed by atoms with E-state index in [0.717, 1.165) is 16.8 Å². The van der Waals surface area contributed by atoms with Crippen LogP contribution in [0.3, 0.4) is 0 Å². The number of benzene rings is 2. The van der Waals surface area contributed by atoms with Crippen molar-refractivity contribution in [2.75, 3.05) is 19.0 Å². The second-order valence-electron chi connectivity index (χ2n) is 8.29. The van der Waals surface area contributed by atoms with E-state index >= 15 is 0 Å². The van der Waals surface area contributed by atoms with Gasteiger partial charge in [0.05, 0.1) is 18.2 Å². The van der Waals surface area contributed by atoms with Gasteiger partial charge in [-0.3, -0.25) is 4.79 Å². The fraction of sp³-hybridized carbons (Fsp3) is 0.269. The van der Waals surface area contributed by atoms with E-state index in [9.17, 15) is 9.59 Å². The summed E-state index contributed by atoms with van der Waals surface area (Å²) in [4.78, 5) is 26.9. The molecule has 0 bridgehead atoms. The molecule has 0 saturated carbocycles. The van der Waals surface area contributed by atoms with Crippen molar-refractivity contribution < 1.29 is 14.3 Å². The number of ether oxygens (including phenoxy) is 1. The number of nitrogens with zero attached hydrogens (tertiary/aromatic N) is 1. The Kier molecular flexibility index (Phi) is 8.01. The molecule has 6 nitrogen and oxygen atoms in total. The lowest BCUT2D eigenvalue weighted by Gasteiger charge is -2.35. The van der Waals surface area contributed by atoms with Crippen LogP contribution in [0, 0.1) is 5.92 Å². The highest BCUT2D eigenvalue weighted by molar-refractivity contribution is 7.80. The number of nitrogens with one attached hydrogen (secondary N) is 2. The van der Waals surface area contributed by atoms with Crippen molar-refractivity contribution >= 4 is 41.0 Å². The van der Waals surface area contributed by atoms with Crippen molar-refractivity contribution in [1.29, 1.82) is 0 Å². The van der Waals surface area contributed by atoms with Gasteiger partial charge in [0, 0.05) is 24.5 Å². The van der Waals surface area contributed by atoms with Crippen LogP contribution in [0.15, 0.2) is 71.9 Å². The molecule has 3 rings (SSSR count). The highest BCUT2D eigenvalue weighted by Gasteiger charge is 2.33. The topological polar surface area (TPSA) is 70.7 Å². The first-order valence-electron chi connectivity index (χ1n) is 10.8. The van der Waals surface area contributed by atoms with Gasteiger partial charge in [-0.05, 0) is 54.4 Å². The number of allylic oxidation sites excluding steroid dienone is 1. The summed E-state index contributed by atoms with van der Waals surface area (Å²) in [6, 6.07) is 16.5. The van der Waals surface area contributed by atoms with Gasteiger partial charge in [0.2, 0.25) is 5.91 Å². The number of carbonyl (C=O) groups is 2. The fourth-order valence-corrected chi connectivity index (χ4v) is 3.60. The molecule has 0 aliphatic carbocycles. The maximum absolute atomic E-state index is 12.9. The van der Waals surface area contributed by atoms with Crippen LogP contribution in [0.2, 0.25) is 0 Å². The quantitative estimate of drug-likeness (QED) is 0.353. The Hall–Kier alpha value is -3.45. The molecule has 1 amide bonds. The van der Waals surface area contributed by atoms with Crippen LogP contribution in [0.1, 0.15) is 37.9 Å². The van der Waals surface area contributed by atoms with Gasteiger partial charge < -0.3 is 20.3 Å². The molecule has 172 valence electrons. The van der Waals surface area contributed by atoms with Crippen molar-refractivity contribution in [3.8, 4) is 0 Å². The molecule has 7 heteroatoms. The normalized spacial score (nSPS) is 16.2. The number of esters is 1. The first-order chi connectivity index (χ1) is 15.8. The molecule has 0 radical (unpaired) electrons. The maximum atomic E-state index is 12.9. The van der Waals surface area contributed by atoms with Crippen molar-refractivity contribution in [1.82, 2.24) is 10.2 Å². The summed E-state index contributed by atoms with van der Waals surface area (Å²) < 4.78 is 5.52. The number of anilines is 1. The number of rotatable bonds is 7. The summed E-state index contributed by atoms with van der Waals surface area (Å²) in [5, 5.41) is 6.61. The summed E-state index contributed by atoms with van der Waals surface area (Å²) in [6.45, 7) is 6.20. The van der Waals surface area contributed by atoms with Gasteiger partial charge in [0.1, 0.15) is 0 Å². The molecule has 33 heavy (non-hydrogen) atoms. The van der Waals surface area contributed by atoms with Crippen LogP contribution >= 0.6 is 12.2 Å².